The molecular weight excluding hydrogens is 255 g/mol. The molecule has 1 aromatic rings. The summed E-state index contributed by atoms with van der Waals surface area (Å²) in [5.74, 6) is 0. The van der Waals surface area contributed by atoms with Crippen molar-refractivity contribution >= 4 is 33.7 Å². The highest BCUT2D eigenvalue weighted by molar-refractivity contribution is 7.90. The maximum atomic E-state index is 12.3. The molecular formula is C9H8ClFN2O2S. The summed E-state index contributed by atoms with van der Waals surface area (Å²) in [4.78, 5) is 1.47. The van der Waals surface area contributed by atoms with Gasteiger partial charge in [0.25, 0.3) is 10.0 Å². The van der Waals surface area contributed by atoms with Gasteiger partial charge in [-0.15, -0.1) is 4.40 Å². The van der Waals surface area contributed by atoms with Crippen molar-refractivity contribution in [2.45, 2.75) is 4.90 Å². The van der Waals surface area contributed by atoms with E-state index in [9.17, 15) is 12.8 Å². The molecule has 4 nitrogen and oxygen atoms in total. The number of fused-ring (bicyclic) bond motifs is 1. The summed E-state index contributed by atoms with van der Waals surface area (Å²) in [6.45, 7) is -0.551. The number of hydrogen-bond acceptors (Lipinski definition) is 3. The van der Waals surface area contributed by atoms with Gasteiger partial charge in [0.1, 0.15) is 17.9 Å². The molecule has 7 heteroatoms. The SMILES string of the molecule is O=S1(=O)N=CN(CCF)c2cc(Cl)ccc21. The standard InChI is InChI=1S/C9H8ClFN2O2S/c10-7-1-2-9-8(5-7)13(4-3-11)6-12-16(9,14)15/h1-2,5-6H,3-4H2. The normalized spacial score (nSPS) is 17.2. The van der Waals surface area contributed by atoms with Gasteiger partial charge in [0.15, 0.2) is 0 Å². The molecule has 0 saturated carbocycles. The molecule has 0 saturated heterocycles. The van der Waals surface area contributed by atoms with Gasteiger partial charge in [0.05, 0.1) is 12.2 Å². The highest BCUT2D eigenvalue weighted by Crippen LogP contribution is 2.31. The molecule has 16 heavy (non-hydrogen) atoms. The van der Waals surface area contributed by atoms with E-state index in [0.29, 0.717) is 10.7 Å². The molecule has 86 valence electrons. The fourth-order valence-corrected chi connectivity index (χ4v) is 2.64. The number of alkyl halides is 1. The van der Waals surface area contributed by atoms with Crippen LogP contribution in [0.4, 0.5) is 10.1 Å². The van der Waals surface area contributed by atoms with Crippen molar-refractivity contribution in [3.05, 3.63) is 23.2 Å². The lowest BCUT2D eigenvalue weighted by Gasteiger charge is -2.23. The second kappa shape index (κ2) is 4.03. The van der Waals surface area contributed by atoms with E-state index < -0.39 is 16.7 Å². The second-order valence-electron chi connectivity index (χ2n) is 3.19. The van der Waals surface area contributed by atoms with Gasteiger partial charge in [-0.05, 0) is 18.2 Å². The average molecular weight is 263 g/mol. The van der Waals surface area contributed by atoms with Gasteiger partial charge in [-0.3, -0.25) is 0 Å². The van der Waals surface area contributed by atoms with Gasteiger partial charge in [-0.2, -0.15) is 8.42 Å². The molecule has 0 amide bonds. The quantitative estimate of drug-likeness (QED) is 0.817. The topological polar surface area (TPSA) is 49.7 Å². The average Bonchev–Trinajstić information content (AvgIpc) is 2.22. The van der Waals surface area contributed by atoms with E-state index in [0.717, 1.165) is 6.34 Å². The molecule has 0 bridgehead atoms. The molecule has 0 unspecified atom stereocenters. The lowest BCUT2D eigenvalue weighted by molar-refractivity contribution is 0.503. The van der Waals surface area contributed by atoms with Crippen molar-refractivity contribution in [3.63, 3.8) is 0 Å². The molecule has 0 radical (unpaired) electrons. The third-order valence-corrected chi connectivity index (χ3v) is 3.67. The van der Waals surface area contributed by atoms with Crippen molar-refractivity contribution in [2.75, 3.05) is 18.1 Å². The van der Waals surface area contributed by atoms with Gasteiger partial charge in [0, 0.05) is 5.02 Å². The summed E-state index contributed by atoms with van der Waals surface area (Å²) in [6.07, 6.45) is 1.10. The molecule has 0 atom stereocenters. The zero-order chi connectivity index (χ0) is 11.8. The first-order valence-corrected chi connectivity index (χ1v) is 6.29. The Labute approximate surface area is 97.4 Å². The van der Waals surface area contributed by atoms with E-state index in [2.05, 4.69) is 4.40 Å². The Kier molecular flexibility index (Phi) is 2.86. The van der Waals surface area contributed by atoms with Gasteiger partial charge in [-0.1, -0.05) is 11.6 Å². The fraction of sp³-hybridized carbons (Fsp3) is 0.222. The lowest BCUT2D eigenvalue weighted by Crippen LogP contribution is -2.29. The smallest absolute Gasteiger partial charge is 0.285 e. The number of benzene rings is 1. The minimum atomic E-state index is -3.66. The highest BCUT2D eigenvalue weighted by Gasteiger charge is 2.25. The molecule has 1 aliphatic heterocycles. The molecule has 0 fully saturated rings. The predicted octanol–water partition coefficient (Wildman–Crippen LogP) is 1.85. The molecule has 0 aliphatic carbocycles. The van der Waals surface area contributed by atoms with E-state index in [4.69, 9.17) is 11.6 Å². The van der Waals surface area contributed by atoms with Crippen molar-refractivity contribution in [1.29, 1.82) is 0 Å². The largest absolute Gasteiger partial charge is 0.328 e. The zero-order valence-electron chi connectivity index (χ0n) is 8.10. The summed E-state index contributed by atoms with van der Waals surface area (Å²) < 4.78 is 38.8. The summed E-state index contributed by atoms with van der Waals surface area (Å²) in [5.41, 5.74) is 0.361. The number of sulfonamides is 1. The summed E-state index contributed by atoms with van der Waals surface area (Å²) in [7, 11) is -3.66. The van der Waals surface area contributed by atoms with Crippen LogP contribution in [-0.2, 0) is 10.0 Å². The van der Waals surface area contributed by atoms with E-state index >= 15 is 0 Å². The second-order valence-corrected chi connectivity index (χ2v) is 5.23. The van der Waals surface area contributed by atoms with Crippen molar-refractivity contribution in [3.8, 4) is 0 Å². The van der Waals surface area contributed by atoms with Crippen molar-refractivity contribution in [1.82, 2.24) is 0 Å². The zero-order valence-corrected chi connectivity index (χ0v) is 9.67. The third-order valence-electron chi connectivity index (χ3n) is 2.16. The van der Waals surface area contributed by atoms with Gasteiger partial charge < -0.3 is 4.90 Å². The monoisotopic (exact) mass is 262 g/mol. The molecule has 2 rings (SSSR count). The number of anilines is 1. The Balaban J connectivity index is 2.59. The number of nitrogens with zero attached hydrogens (tertiary/aromatic N) is 2. The first kappa shape index (κ1) is 11.3. The number of rotatable bonds is 2. The Morgan fingerprint density at radius 3 is 2.88 bits per heavy atom. The van der Waals surface area contributed by atoms with Crippen LogP contribution in [0.1, 0.15) is 0 Å². The Bertz CT molecular complexity index is 544. The van der Waals surface area contributed by atoms with Crippen molar-refractivity contribution in [2.24, 2.45) is 4.40 Å². The van der Waals surface area contributed by atoms with Crippen LogP contribution in [-0.4, -0.2) is 28.0 Å². The van der Waals surface area contributed by atoms with E-state index in [-0.39, 0.29) is 11.4 Å². The molecule has 0 spiro atoms. The Morgan fingerprint density at radius 2 is 2.19 bits per heavy atom. The number of halogens is 2. The van der Waals surface area contributed by atoms with E-state index in [1.807, 2.05) is 0 Å². The minimum absolute atomic E-state index is 0.0480. The fourth-order valence-electron chi connectivity index (χ4n) is 1.44. The van der Waals surface area contributed by atoms with Crippen LogP contribution >= 0.6 is 11.6 Å². The van der Waals surface area contributed by atoms with Crippen LogP contribution in [0.3, 0.4) is 0 Å². The van der Waals surface area contributed by atoms with E-state index in [1.165, 1.54) is 23.1 Å². The van der Waals surface area contributed by atoms with Crippen LogP contribution in [0, 0.1) is 0 Å². The maximum Gasteiger partial charge on any atom is 0.285 e. The minimum Gasteiger partial charge on any atom is -0.328 e. The van der Waals surface area contributed by atoms with Gasteiger partial charge in [0.2, 0.25) is 0 Å². The Hall–Kier alpha value is -1.14. The molecule has 0 N–H and O–H groups in total. The van der Waals surface area contributed by atoms with E-state index in [1.54, 1.807) is 0 Å². The molecule has 1 heterocycles. The molecule has 0 aromatic heterocycles. The van der Waals surface area contributed by atoms with Crippen LogP contribution in [0.2, 0.25) is 5.02 Å². The first-order valence-electron chi connectivity index (χ1n) is 4.47. The predicted molar refractivity (Wildman–Crippen MR) is 60.5 cm³/mol. The summed E-state index contributed by atoms with van der Waals surface area (Å²) in [6, 6.07) is 4.32. The maximum absolute atomic E-state index is 12.3. The highest BCUT2D eigenvalue weighted by atomic mass is 35.5. The molecule has 1 aromatic carbocycles. The number of hydrogen-bond donors (Lipinski definition) is 0. The van der Waals surface area contributed by atoms with Crippen LogP contribution in [0.15, 0.2) is 27.5 Å². The summed E-state index contributed by atoms with van der Waals surface area (Å²) in [5, 5.41) is 0.396. The van der Waals surface area contributed by atoms with Gasteiger partial charge in [-0.25, -0.2) is 4.39 Å². The van der Waals surface area contributed by atoms with Crippen LogP contribution in [0.25, 0.3) is 0 Å². The third kappa shape index (κ3) is 1.90. The lowest BCUT2D eigenvalue weighted by atomic mass is 10.3. The first-order chi connectivity index (χ1) is 7.54. The van der Waals surface area contributed by atoms with Crippen LogP contribution in [0.5, 0.6) is 0 Å². The Morgan fingerprint density at radius 1 is 1.44 bits per heavy atom. The van der Waals surface area contributed by atoms with Gasteiger partial charge >= 0.3 is 0 Å². The molecule has 1 aliphatic rings. The summed E-state index contributed by atoms with van der Waals surface area (Å²) >= 11 is 5.78. The van der Waals surface area contributed by atoms with Crippen molar-refractivity contribution < 1.29 is 12.8 Å². The van der Waals surface area contributed by atoms with Crippen LogP contribution < -0.4 is 4.90 Å².